The van der Waals surface area contributed by atoms with E-state index < -0.39 is 43.2 Å². The van der Waals surface area contributed by atoms with Gasteiger partial charge in [-0.1, -0.05) is 23.2 Å². The maximum absolute atomic E-state index is 12.6. The summed E-state index contributed by atoms with van der Waals surface area (Å²) in [4.78, 5) is 10.5. The number of carboxylic acids is 1. The number of sulfonamides is 1. The van der Waals surface area contributed by atoms with Gasteiger partial charge in [-0.3, -0.25) is 4.72 Å². The Morgan fingerprint density at radius 1 is 1.08 bits per heavy atom. The van der Waals surface area contributed by atoms with Crippen LogP contribution in [0, 0.1) is 0 Å². The number of hydrogen-bond donors (Lipinski definition) is 2. The molecule has 0 atom stereocenters. The highest BCUT2D eigenvalue weighted by Gasteiger charge is 2.32. The van der Waals surface area contributed by atoms with Gasteiger partial charge in [0.1, 0.15) is 4.90 Å². The van der Waals surface area contributed by atoms with E-state index in [1.807, 2.05) is 4.72 Å². The van der Waals surface area contributed by atoms with Gasteiger partial charge in [0.25, 0.3) is 10.0 Å². The summed E-state index contributed by atoms with van der Waals surface area (Å²) in [5.41, 5.74) is -1.86. The summed E-state index contributed by atoms with van der Waals surface area (Å²) in [6.07, 6.45) is -4.69. The summed E-state index contributed by atoms with van der Waals surface area (Å²) in [5.74, 6) is -1.42. The molecule has 0 radical (unpaired) electrons. The quantitative estimate of drug-likeness (QED) is 0.771. The van der Waals surface area contributed by atoms with E-state index in [4.69, 9.17) is 28.3 Å². The van der Waals surface area contributed by atoms with Crippen molar-refractivity contribution in [1.29, 1.82) is 0 Å². The van der Waals surface area contributed by atoms with E-state index in [9.17, 15) is 26.4 Å². The zero-order chi connectivity index (χ0) is 19.0. The highest BCUT2D eigenvalue weighted by Crippen LogP contribution is 2.34. The van der Waals surface area contributed by atoms with Gasteiger partial charge in [0.15, 0.2) is 0 Å². The van der Waals surface area contributed by atoms with Crippen LogP contribution in [-0.4, -0.2) is 19.5 Å². The highest BCUT2D eigenvalue weighted by atomic mass is 35.5. The Balaban J connectivity index is 2.48. The van der Waals surface area contributed by atoms with E-state index in [1.54, 1.807) is 0 Å². The molecule has 11 heteroatoms. The van der Waals surface area contributed by atoms with Gasteiger partial charge in [0.05, 0.1) is 21.8 Å². The van der Waals surface area contributed by atoms with Crippen LogP contribution < -0.4 is 4.72 Å². The van der Waals surface area contributed by atoms with Crippen LogP contribution in [0.2, 0.25) is 10.0 Å². The molecule has 2 N–H and O–H groups in total. The van der Waals surface area contributed by atoms with Gasteiger partial charge in [-0.05, 0) is 36.4 Å². The van der Waals surface area contributed by atoms with E-state index in [0.717, 1.165) is 12.1 Å². The first kappa shape index (κ1) is 19.4. The Kier molecular flexibility index (Phi) is 5.22. The van der Waals surface area contributed by atoms with Crippen LogP contribution in [0.15, 0.2) is 41.3 Å². The second kappa shape index (κ2) is 6.74. The number of aromatic carboxylic acids is 1. The molecule has 5 nitrogen and oxygen atoms in total. The number of alkyl halides is 3. The summed E-state index contributed by atoms with van der Waals surface area (Å²) in [6, 6.07) is 5.08. The van der Waals surface area contributed by atoms with Crippen LogP contribution in [0.4, 0.5) is 18.9 Å². The van der Waals surface area contributed by atoms with Crippen molar-refractivity contribution in [2.24, 2.45) is 0 Å². The molecule has 0 unspecified atom stereocenters. The lowest BCUT2D eigenvalue weighted by Gasteiger charge is -2.13. The Labute approximate surface area is 150 Å². The molecule has 0 saturated carbocycles. The van der Waals surface area contributed by atoms with Crippen molar-refractivity contribution in [3.05, 3.63) is 57.6 Å². The first-order valence-corrected chi connectivity index (χ1v) is 8.58. The number of rotatable bonds is 4. The third-order valence-electron chi connectivity index (χ3n) is 3.01. The predicted molar refractivity (Wildman–Crippen MR) is 85.7 cm³/mol. The average Bonchev–Trinajstić information content (AvgIpc) is 2.45. The van der Waals surface area contributed by atoms with Crippen molar-refractivity contribution in [3.8, 4) is 0 Å². The molecule has 0 spiro atoms. The lowest BCUT2D eigenvalue weighted by atomic mass is 10.2. The van der Waals surface area contributed by atoms with Gasteiger partial charge in [-0.25, -0.2) is 13.2 Å². The van der Waals surface area contributed by atoms with Gasteiger partial charge in [0.2, 0.25) is 0 Å². The number of halogens is 5. The monoisotopic (exact) mass is 413 g/mol. The fraction of sp³-hybridized carbons (Fsp3) is 0.0714. The molecular formula is C14H8Cl2F3NO4S. The van der Waals surface area contributed by atoms with Crippen LogP contribution in [0.25, 0.3) is 0 Å². The van der Waals surface area contributed by atoms with Crippen molar-refractivity contribution in [2.45, 2.75) is 11.1 Å². The maximum atomic E-state index is 12.6. The zero-order valence-corrected chi connectivity index (χ0v) is 14.3. The van der Waals surface area contributed by atoms with Crippen molar-refractivity contribution in [2.75, 3.05) is 4.72 Å². The summed E-state index contributed by atoms with van der Waals surface area (Å²) in [7, 11) is -4.45. The Bertz CT molecular complexity index is 946. The minimum atomic E-state index is -4.69. The Morgan fingerprint density at radius 2 is 1.72 bits per heavy atom. The zero-order valence-electron chi connectivity index (χ0n) is 11.9. The molecule has 0 aliphatic heterocycles. The summed E-state index contributed by atoms with van der Waals surface area (Å²) in [5, 5.41) is 8.47. The lowest BCUT2D eigenvalue weighted by molar-refractivity contribution is -0.137. The molecule has 2 rings (SSSR count). The molecule has 0 heterocycles. The van der Waals surface area contributed by atoms with Crippen molar-refractivity contribution >= 4 is 44.9 Å². The van der Waals surface area contributed by atoms with Gasteiger partial charge in [0, 0.05) is 5.02 Å². The van der Waals surface area contributed by atoms with Crippen LogP contribution in [0.1, 0.15) is 15.9 Å². The second-order valence-corrected chi connectivity index (χ2v) is 7.24. The molecule has 0 fully saturated rings. The summed E-state index contributed by atoms with van der Waals surface area (Å²) >= 11 is 11.4. The smallest absolute Gasteiger partial charge is 0.416 e. The standard InChI is InChI=1S/C14H8Cl2F3NO4S/c15-8-2-3-9(13(21)22)11(6-8)20-25(23,24)12-4-1-7(5-10(12)16)14(17,18)19/h1-6,20H,(H,21,22). The highest BCUT2D eigenvalue weighted by molar-refractivity contribution is 7.92. The topological polar surface area (TPSA) is 83.5 Å². The van der Waals surface area contributed by atoms with Crippen LogP contribution in [0.3, 0.4) is 0 Å². The molecule has 25 heavy (non-hydrogen) atoms. The first-order chi connectivity index (χ1) is 11.4. The lowest BCUT2D eigenvalue weighted by Crippen LogP contribution is -2.16. The number of carboxylic acid groups (broad SMARTS) is 1. The molecular weight excluding hydrogens is 406 g/mol. The minimum absolute atomic E-state index is 0.0567. The largest absolute Gasteiger partial charge is 0.478 e. The number of benzene rings is 2. The van der Waals surface area contributed by atoms with Gasteiger partial charge in [-0.15, -0.1) is 0 Å². The molecule has 0 saturated heterocycles. The summed E-state index contributed by atoms with van der Waals surface area (Å²) in [6.45, 7) is 0. The van der Waals surface area contributed by atoms with Gasteiger partial charge >= 0.3 is 12.1 Å². The maximum Gasteiger partial charge on any atom is 0.416 e. The molecule has 0 bridgehead atoms. The van der Waals surface area contributed by atoms with E-state index >= 15 is 0 Å². The summed E-state index contributed by atoms with van der Waals surface area (Å²) < 4.78 is 64.6. The van der Waals surface area contributed by atoms with Crippen LogP contribution in [-0.2, 0) is 16.2 Å². The Morgan fingerprint density at radius 3 is 2.24 bits per heavy atom. The molecule has 0 aliphatic carbocycles. The van der Waals surface area contributed by atoms with Crippen molar-refractivity contribution in [3.63, 3.8) is 0 Å². The fourth-order valence-electron chi connectivity index (χ4n) is 1.88. The Hall–Kier alpha value is -1.97. The predicted octanol–water partition coefficient (Wildman–Crippen LogP) is 4.51. The molecule has 2 aromatic carbocycles. The normalized spacial score (nSPS) is 12.0. The molecule has 0 amide bonds. The molecule has 134 valence electrons. The fourth-order valence-corrected chi connectivity index (χ4v) is 3.67. The average molecular weight is 414 g/mol. The van der Waals surface area contributed by atoms with Crippen molar-refractivity contribution in [1.82, 2.24) is 0 Å². The third-order valence-corrected chi connectivity index (χ3v) is 5.09. The van der Waals surface area contributed by atoms with Crippen LogP contribution >= 0.6 is 23.2 Å². The SMILES string of the molecule is O=C(O)c1ccc(Cl)cc1NS(=O)(=O)c1ccc(C(F)(F)F)cc1Cl. The number of hydrogen-bond acceptors (Lipinski definition) is 3. The number of nitrogens with one attached hydrogen (secondary N) is 1. The van der Waals surface area contributed by atoms with E-state index in [2.05, 4.69) is 0 Å². The first-order valence-electron chi connectivity index (χ1n) is 6.34. The van der Waals surface area contributed by atoms with E-state index in [-0.39, 0.29) is 10.7 Å². The molecule has 0 aromatic heterocycles. The van der Waals surface area contributed by atoms with E-state index in [0.29, 0.717) is 18.2 Å². The van der Waals surface area contributed by atoms with Gasteiger partial charge in [-0.2, -0.15) is 13.2 Å². The third kappa shape index (κ3) is 4.36. The number of carbonyl (C=O) groups is 1. The second-order valence-electron chi connectivity index (χ2n) is 4.74. The molecule has 0 aliphatic rings. The van der Waals surface area contributed by atoms with Gasteiger partial charge < -0.3 is 5.11 Å². The van der Waals surface area contributed by atoms with E-state index in [1.165, 1.54) is 6.07 Å². The van der Waals surface area contributed by atoms with Crippen LogP contribution in [0.5, 0.6) is 0 Å². The molecule has 2 aromatic rings. The van der Waals surface area contributed by atoms with Crippen molar-refractivity contribution < 1.29 is 31.5 Å². The number of anilines is 1. The minimum Gasteiger partial charge on any atom is -0.478 e.